The van der Waals surface area contributed by atoms with Crippen LogP contribution in [0, 0.1) is 0 Å². The van der Waals surface area contributed by atoms with E-state index in [1.54, 1.807) is 0 Å². The maximum Gasteiger partial charge on any atom is 0.227 e. The summed E-state index contributed by atoms with van der Waals surface area (Å²) < 4.78 is 6.57. The number of fused-ring (bicyclic) bond motifs is 5. The molecule has 1 aliphatic carbocycles. The summed E-state index contributed by atoms with van der Waals surface area (Å²) in [5.74, 6) is 0.632. The summed E-state index contributed by atoms with van der Waals surface area (Å²) in [6.45, 7) is 2.32. The molecule has 0 saturated heterocycles. The van der Waals surface area contributed by atoms with Crippen LogP contribution in [0.15, 0.2) is 186 Å². The van der Waals surface area contributed by atoms with Gasteiger partial charge in [0.2, 0.25) is 5.89 Å². The van der Waals surface area contributed by atoms with Gasteiger partial charge >= 0.3 is 0 Å². The van der Waals surface area contributed by atoms with E-state index >= 15 is 0 Å². The lowest BCUT2D eigenvalue weighted by Crippen LogP contribution is -2.42. The standard InChI is InChI=1S/C46H35N3O/c1-46(29-12-5-13-30-46)49(39-22-14-21-38(31-39)48(36-17-8-3-9-18-36)37-19-10-4-11-20-37)40-27-25-33-23-24-34-26-28-42-44(43(34)41(33)32-40)50-45(47-42)35-15-6-2-7-16-35/h2-29,31-32H,30H2,1H3. The summed E-state index contributed by atoms with van der Waals surface area (Å²) in [5.41, 5.74) is 7.85. The number of para-hydroxylation sites is 2. The second-order valence-electron chi connectivity index (χ2n) is 13.1. The Labute approximate surface area is 291 Å². The van der Waals surface area contributed by atoms with Crippen LogP contribution < -0.4 is 9.80 Å². The number of benzene rings is 7. The number of aromatic nitrogens is 1. The molecule has 1 atom stereocenters. The predicted molar refractivity (Wildman–Crippen MR) is 209 cm³/mol. The molecular weight excluding hydrogens is 611 g/mol. The molecule has 240 valence electrons. The number of anilines is 5. The van der Waals surface area contributed by atoms with Crippen molar-refractivity contribution in [1.82, 2.24) is 4.98 Å². The Kier molecular flexibility index (Phi) is 7.28. The van der Waals surface area contributed by atoms with Crippen LogP contribution in [-0.2, 0) is 0 Å². The van der Waals surface area contributed by atoms with Crippen molar-refractivity contribution in [3.8, 4) is 11.5 Å². The zero-order valence-electron chi connectivity index (χ0n) is 27.8. The molecule has 50 heavy (non-hydrogen) atoms. The Hall–Kier alpha value is -6.39. The van der Waals surface area contributed by atoms with Crippen LogP contribution in [0.2, 0.25) is 0 Å². The normalized spacial score (nSPS) is 15.5. The molecule has 0 bridgehead atoms. The van der Waals surface area contributed by atoms with E-state index in [4.69, 9.17) is 9.40 Å². The molecule has 0 amide bonds. The van der Waals surface area contributed by atoms with E-state index in [1.165, 1.54) is 0 Å². The fourth-order valence-corrected chi connectivity index (χ4v) is 7.35. The van der Waals surface area contributed by atoms with Crippen molar-refractivity contribution in [2.24, 2.45) is 0 Å². The maximum atomic E-state index is 6.57. The van der Waals surface area contributed by atoms with Crippen molar-refractivity contribution in [2.75, 3.05) is 9.80 Å². The molecular formula is C46H35N3O. The molecule has 7 aromatic carbocycles. The zero-order chi connectivity index (χ0) is 33.5. The molecule has 0 saturated carbocycles. The van der Waals surface area contributed by atoms with Crippen molar-refractivity contribution in [3.05, 3.63) is 182 Å². The quantitative estimate of drug-likeness (QED) is 0.161. The van der Waals surface area contributed by atoms with E-state index in [1.807, 2.05) is 30.3 Å². The highest BCUT2D eigenvalue weighted by Crippen LogP contribution is 2.44. The van der Waals surface area contributed by atoms with Gasteiger partial charge in [-0.05, 0) is 102 Å². The molecule has 1 unspecified atom stereocenters. The number of hydrogen-bond donors (Lipinski definition) is 0. The highest BCUT2D eigenvalue weighted by molar-refractivity contribution is 6.18. The molecule has 4 nitrogen and oxygen atoms in total. The SMILES string of the molecule is CC1(N(c2cccc(N(c3ccccc3)c3ccccc3)c2)c2ccc3ccc4ccc5nc(-c6ccccc6)oc5c4c3c2)C=CC=CC1. The average molecular weight is 646 g/mol. The molecule has 4 heteroatoms. The number of rotatable bonds is 7. The van der Waals surface area contributed by atoms with Gasteiger partial charge in [0.05, 0.1) is 5.54 Å². The van der Waals surface area contributed by atoms with Crippen molar-refractivity contribution in [2.45, 2.75) is 18.9 Å². The largest absolute Gasteiger partial charge is 0.435 e. The van der Waals surface area contributed by atoms with Crippen LogP contribution in [0.5, 0.6) is 0 Å². The maximum absolute atomic E-state index is 6.57. The van der Waals surface area contributed by atoms with Gasteiger partial charge in [0.25, 0.3) is 0 Å². The van der Waals surface area contributed by atoms with E-state index in [0.717, 1.165) is 73.1 Å². The van der Waals surface area contributed by atoms with Gasteiger partial charge in [0.15, 0.2) is 5.58 Å². The lowest BCUT2D eigenvalue weighted by Gasteiger charge is -2.42. The molecule has 0 spiro atoms. The third kappa shape index (κ3) is 5.22. The van der Waals surface area contributed by atoms with E-state index < -0.39 is 0 Å². The number of allylic oxidation sites excluding steroid dienone is 2. The first-order valence-electron chi connectivity index (χ1n) is 17.1. The summed E-state index contributed by atoms with van der Waals surface area (Å²) >= 11 is 0. The molecule has 0 radical (unpaired) electrons. The second kappa shape index (κ2) is 12.2. The Morgan fingerprint density at radius 3 is 1.92 bits per heavy atom. The average Bonchev–Trinajstić information content (AvgIpc) is 3.61. The van der Waals surface area contributed by atoms with Gasteiger partial charge in [0.1, 0.15) is 5.52 Å². The van der Waals surface area contributed by atoms with E-state index in [0.29, 0.717) is 5.89 Å². The molecule has 9 rings (SSSR count). The Balaban J connectivity index is 1.24. The monoisotopic (exact) mass is 645 g/mol. The summed E-state index contributed by atoms with van der Waals surface area (Å²) in [6, 6.07) is 55.6. The first kappa shape index (κ1) is 29.7. The summed E-state index contributed by atoms with van der Waals surface area (Å²) in [5, 5.41) is 4.49. The molecule has 8 aromatic rings. The molecule has 0 fully saturated rings. The highest BCUT2D eigenvalue weighted by atomic mass is 16.3. The third-order valence-electron chi connectivity index (χ3n) is 9.74. The molecule has 0 aliphatic heterocycles. The molecule has 1 heterocycles. The van der Waals surface area contributed by atoms with Gasteiger partial charge in [-0.15, -0.1) is 0 Å². The lowest BCUT2D eigenvalue weighted by molar-refractivity contribution is 0.570. The van der Waals surface area contributed by atoms with E-state index in [-0.39, 0.29) is 5.54 Å². The summed E-state index contributed by atoms with van der Waals surface area (Å²) in [4.78, 5) is 9.71. The van der Waals surface area contributed by atoms with Crippen molar-refractivity contribution < 1.29 is 4.42 Å². The van der Waals surface area contributed by atoms with Gasteiger partial charge < -0.3 is 14.2 Å². The summed E-state index contributed by atoms with van der Waals surface area (Å²) in [7, 11) is 0. The van der Waals surface area contributed by atoms with Crippen molar-refractivity contribution in [1.29, 1.82) is 0 Å². The minimum atomic E-state index is -0.308. The zero-order valence-corrected chi connectivity index (χ0v) is 27.8. The van der Waals surface area contributed by atoms with Gasteiger partial charge in [-0.25, -0.2) is 4.98 Å². The smallest absolute Gasteiger partial charge is 0.227 e. The fraction of sp³-hybridized carbons (Fsp3) is 0.0652. The minimum Gasteiger partial charge on any atom is -0.435 e. The first-order chi connectivity index (χ1) is 24.6. The summed E-state index contributed by atoms with van der Waals surface area (Å²) in [6.07, 6.45) is 9.76. The minimum absolute atomic E-state index is 0.308. The van der Waals surface area contributed by atoms with Crippen LogP contribution in [0.25, 0.3) is 44.1 Å². The predicted octanol–water partition coefficient (Wildman–Crippen LogP) is 12.7. The fourth-order valence-electron chi connectivity index (χ4n) is 7.35. The topological polar surface area (TPSA) is 32.5 Å². The van der Waals surface area contributed by atoms with E-state index in [2.05, 4.69) is 168 Å². The van der Waals surface area contributed by atoms with Gasteiger partial charge in [-0.3, -0.25) is 0 Å². The first-order valence-corrected chi connectivity index (χ1v) is 17.1. The number of oxazole rings is 1. The third-order valence-corrected chi connectivity index (χ3v) is 9.74. The van der Waals surface area contributed by atoms with Crippen LogP contribution in [0.4, 0.5) is 28.4 Å². The second-order valence-corrected chi connectivity index (χ2v) is 13.1. The van der Waals surface area contributed by atoms with Gasteiger partial charge in [0, 0.05) is 39.4 Å². The number of hydrogen-bond acceptors (Lipinski definition) is 4. The Morgan fingerprint density at radius 1 is 0.580 bits per heavy atom. The highest BCUT2D eigenvalue weighted by Gasteiger charge is 2.32. The van der Waals surface area contributed by atoms with Gasteiger partial charge in [-0.2, -0.15) is 0 Å². The lowest BCUT2D eigenvalue weighted by atomic mass is 9.89. The van der Waals surface area contributed by atoms with Crippen LogP contribution >= 0.6 is 0 Å². The van der Waals surface area contributed by atoms with Gasteiger partial charge in [-0.1, -0.05) is 109 Å². The van der Waals surface area contributed by atoms with Crippen LogP contribution in [-0.4, -0.2) is 10.5 Å². The van der Waals surface area contributed by atoms with Crippen molar-refractivity contribution in [3.63, 3.8) is 0 Å². The Morgan fingerprint density at radius 2 is 1.20 bits per heavy atom. The van der Waals surface area contributed by atoms with Crippen molar-refractivity contribution >= 4 is 61.1 Å². The molecule has 1 aromatic heterocycles. The van der Waals surface area contributed by atoms with E-state index in [9.17, 15) is 0 Å². The molecule has 0 N–H and O–H groups in total. The van der Waals surface area contributed by atoms with Crippen LogP contribution in [0.3, 0.4) is 0 Å². The van der Waals surface area contributed by atoms with Crippen LogP contribution in [0.1, 0.15) is 13.3 Å². The Bertz CT molecular complexity index is 2500. The molecule has 1 aliphatic rings. The number of nitrogens with zero attached hydrogens (tertiary/aromatic N) is 3.